The van der Waals surface area contributed by atoms with Crippen molar-refractivity contribution < 1.29 is 0 Å². The highest BCUT2D eigenvalue weighted by atomic mass is 79.9. The van der Waals surface area contributed by atoms with Crippen molar-refractivity contribution in [2.45, 2.75) is 45.7 Å². The summed E-state index contributed by atoms with van der Waals surface area (Å²) in [4.78, 5) is 2.58. The van der Waals surface area contributed by atoms with Crippen molar-refractivity contribution in [3.05, 3.63) is 34.3 Å². The maximum absolute atomic E-state index is 6.28. The van der Waals surface area contributed by atoms with E-state index in [1.54, 1.807) is 0 Å². The summed E-state index contributed by atoms with van der Waals surface area (Å²) in [6.45, 7) is 9.16. The van der Waals surface area contributed by atoms with E-state index in [0.29, 0.717) is 6.04 Å². The number of benzene rings is 1. The highest BCUT2D eigenvalue weighted by Gasteiger charge is 2.29. The van der Waals surface area contributed by atoms with Crippen LogP contribution >= 0.6 is 15.9 Å². The fourth-order valence-corrected chi connectivity index (χ4v) is 3.64. The third-order valence-electron chi connectivity index (χ3n) is 4.62. The minimum atomic E-state index is 0.159. The Kier molecular flexibility index (Phi) is 5.65. The van der Waals surface area contributed by atoms with Crippen LogP contribution < -0.4 is 5.73 Å². The molecule has 112 valence electrons. The van der Waals surface area contributed by atoms with Gasteiger partial charge in [0.25, 0.3) is 0 Å². The highest BCUT2D eigenvalue weighted by Crippen LogP contribution is 2.31. The van der Waals surface area contributed by atoms with Crippen molar-refractivity contribution in [1.29, 1.82) is 0 Å². The molecule has 20 heavy (non-hydrogen) atoms. The summed E-state index contributed by atoms with van der Waals surface area (Å²) in [6.07, 6.45) is 2.61. The molecule has 0 radical (unpaired) electrons. The molecular formula is C17H27BrN2. The average Bonchev–Trinajstić information content (AvgIpc) is 2.41. The van der Waals surface area contributed by atoms with E-state index >= 15 is 0 Å². The molecule has 1 heterocycles. The monoisotopic (exact) mass is 338 g/mol. The van der Waals surface area contributed by atoms with E-state index in [9.17, 15) is 0 Å². The van der Waals surface area contributed by atoms with Crippen LogP contribution in [0.4, 0.5) is 0 Å². The lowest BCUT2D eigenvalue weighted by Gasteiger charge is -2.40. The van der Waals surface area contributed by atoms with E-state index in [1.165, 1.54) is 31.5 Å². The molecular weight excluding hydrogens is 312 g/mol. The van der Waals surface area contributed by atoms with Gasteiger partial charge < -0.3 is 5.73 Å². The van der Waals surface area contributed by atoms with Gasteiger partial charge in [-0.05, 0) is 62.4 Å². The zero-order chi connectivity index (χ0) is 14.7. The third-order valence-corrected chi connectivity index (χ3v) is 5.15. The van der Waals surface area contributed by atoms with Gasteiger partial charge >= 0.3 is 0 Å². The number of piperidine rings is 1. The lowest BCUT2D eigenvalue weighted by molar-refractivity contribution is 0.103. The SMILES string of the molecule is CC(C)C1CCN(C(c2ccc(Br)cc2)C(C)N)CC1. The molecule has 1 saturated heterocycles. The average molecular weight is 339 g/mol. The quantitative estimate of drug-likeness (QED) is 0.891. The maximum Gasteiger partial charge on any atom is 0.0496 e. The zero-order valence-electron chi connectivity index (χ0n) is 12.8. The lowest BCUT2D eigenvalue weighted by Crippen LogP contribution is -2.44. The molecule has 2 rings (SSSR count). The van der Waals surface area contributed by atoms with Gasteiger partial charge in [0.2, 0.25) is 0 Å². The Balaban J connectivity index is 2.09. The summed E-state index contributed by atoms with van der Waals surface area (Å²) in [5.41, 5.74) is 7.62. The van der Waals surface area contributed by atoms with Crippen molar-refractivity contribution in [3.8, 4) is 0 Å². The van der Waals surface area contributed by atoms with Crippen molar-refractivity contribution in [3.63, 3.8) is 0 Å². The predicted molar refractivity (Wildman–Crippen MR) is 89.7 cm³/mol. The molecule has 1 aromatic rings. The maximum atomic E-state index is 6.28. The Morgan fingerprint density at radius 1 is 1.10 bits per heavy atom. The van der Waals surface area contributed by atoms with Crippen LogP contribution in [0.1, 0.15) is 45.2 Å². The smallest absolute Gasteiger partial charge is 0.0496 e. The van der Waals surface area contributed by atoms with Crippen LogP contribution in [0.5, 0.6) is 0 Å². The van der Waals surface area contributed by atoms with Gasteiger partial charge in [0.15, 0.2) is 0 Å². The van der Waals surface area contributed by atoms with Crippen molar-refractivity contribution in [2.24, 2.45) is 17.6 Å². The second-order valence-corrected chi connectivity index (χ2v) is 7.39. The fourth-order valence-electron chi connectivity index (χ4n) is 3.37. The molecule has 2 unspecified atom stereocenters. The Morgan fingerprint density at radius 2 is 1.65 bits per heavy atom. The minimum Gasteiger partial charge on any atom is -0.326 e. The van der Waals surface area contributed by atoms with Gasteiger partial charge in [0, 0.05) is 16.6 Å². The first-order chi connectivity index (χ1) is 9.49. The van der Waals surface area contributed by atoms with Crippen molar-refractivity contribution >= 4 is 15.9 Å². The standard InChI is InChI=1S/C17H27BrN2/c1-12(2)14-8-10-20(11-9-14)17(13(3)19)15-4-6-16(18)7-5-15/h4-7,12-14,17H,8-11,19H2,1-3H3. The van der Waals surface area contributed by atoms with Crippen LogP contribution in [0.15, 0.2) is 28.7 Å². The number of hydrogen-bond acceptors (Lipinski definition) is 2. The van der Waals surface area contributed by atoms with E-state index in [-0.39, 0.29) is 6.04 Å². The van der Waals surface area contributed by atoms with Gasteiger partial charge in [0.1, 0.15) is 0 Å². The first-order valence-electron chi connectivity index (χ1n) is 7.74. The molecule has 0 saturated carbocycles. The molecule has 2 N–H and O–H groups in total. The van der Waals surface area contributed by atoms with Crippen LogP contribution in [-0.2, 0) is 0 Å². The molecule has 1 aliphatic heterocycles. The molecule has 0 aliphatic carbocycles. The van der Waals surface area contributed by atoms with E-state index in [1.807, 2.05) is 0 Å². The first-order valence-corrected chi connectivity index (χ1v) is 8.53. The first kappa shape index (κ1) is 16.0. The predicted octanol–water partition coefficient (Wildman–Crippen LogP) is 4.21. The van der Waals surface area contributed by atoms with E-state index in [4.69, 9.17) is 5.73 Å². The second-order valence-electron chi connectivity index (χ2n) is 6.47. The third kappa shape index (κ3) is 3.84. The molecule has 2 atom stereocenters. The van der Waals surface area contributed by atoms with Crippen LogP contribution in [0, 0.1) is 11.8 Å². The van der Waals surface area contributed by atoms with Gasteiger partial charge in [-0.25, -0.2) is 0 Å². The molecule has 1 fully saturated rings. The molecule has 0 aromatic heterocycles. The number of nitrogens with two attached hydrogens (primary N) is 1. The Labute approximate surface area is 131 Å². The summed E-state index contributed by atoms with van der Waals surface area (Å²) in [7, 11) is 0. The van der Waals surface area contributed by atoms with Crippen LogP contribution in [0.2, 0.25) is 0 Å². The number of halogens is 1. The Hall–Kier alpha value is -0.380. The van der Waals surface area contributed by atoms with Crippen LogP contribution in [0.3, 0.4) is 0 Å². The number of rotatable bonds is 4. The van der Waals surface area contributed by atoms with Crippen molar-refractivity contribution in [1.82, 2.24) is 4.90 Å². The van der Waals surface area contributed by atoms with Crippen LogP contribution in [-0.4, -0.2) is 24.0 Å². The largest absolute Gasteiger partial charge is 0.326 e. The molecule has 1 aromatic carbocycles. The van der Waals surface area contributed by atoms with E-state index in [2.05, 4.69) is 65.9 Å². The topological polar surface area (TPSA) is 29.3 Å². The summed E-state index contributed by atoms with van der Waals surface area (Å²) in [6, 6.07) is 9.14. The summed E-state index contributed by atoms with van der Waals surface area (Å²) < 4.78 is 1.13. The molecule has 2 nitrogen and oxygen atoms in total. The van der Waals surface area contributed by atoms with Crippen LogP contribution in [0.25, 0.3) is 0 Å². The van der Waals surface area contributed by atoms with Crippen molar-refractivity contribution in [2.75, 3.05) is 13.1 Å². The lowest BCUT2D eigenvalue weighted by atomic mass is 9.85. The van der Waals surface area contributed by atoms with Gasteiger partial charge in [-0.1, -0.05) is 41.9 Å². The molecule has 0 spiro atoms. The fraction of sp³-hybridized carbons (Fsp3) is 0.647. The van der Waals surface area contributed by atoms with Gasteiger partial charge in [-0.2, -0.15) is 0 Å². The summed E-state index contributed by atoms with van der Waals surface area (Å²) in [5, 5.41) is 0. The van der Waals surface area contributed by atoms with Gasteiger partial charge in [-0.15, -0.1) is 0 Å². The summed E-state index contributed by atoms with van der Waals surface area (Å²) >= 11 is 3.51. The number of likely N-dealkylation sites (tertiary alicyclic amines) is 1. The van der Waals surface area contributed by atoms with Gasteiger partial charge in [-0.3, -0.25) is 4.90 Å². The summed E-state index contributed by atoms with van der Waals surface area (Å²) in [5.74, 6) is 1.68. The molecule has 3 heteroatoms. The van der Waals surface area contributed by atoms with E-state index in [0.717, 1.165) is 16.3 Å². The molecule has 1 aliphatic rings. The Morgan fingerprint density at radius 3 is 2.10 bits per heavy atom. The zero-order valence-corrected chi connectivity index (χ0v) is 14.4. The Bertz CT molecular complexity index is 406. The second kappa shape index (κ2) is 7.06. The van der Waals surface area contributed by atoms with Gasteiger partial charge in [0.05, 0.1) is 0 Å². The molecule has 0 amide bonds. The number of hydrogen-bond donors (Lipinski definition) is 1. The number of nitrogens with zero attached hydrogens (tertiary/aromatic N) is 1. The highest BCUT2D eigenvalue weighted by molar-refractivity contribution is 9.10. The minimum absolute atomic E-state index is 0.159. The normalized spacial score (nSPS) is 21.1. The molecule has 0 bridgehead atoms. The van der Waals surface area contributed by atoms with E-state index < -0.39 is 0 Å².